The molecule has 0 aliphatic heterocycles. The molecule has 0 saturated heterocycles. The first-order valence-electron chi connectivity index (χ1n) is 9.45. The fraction of sp³-hybridized carbons (Fsp3) is 0.136. The van der Waals surface area contributed by atoms with E-state index in [-0.39, 0.29) is 11.4 Å². The van der Waals surface area contributed by atoms with Gasteiger partial charge in [0.15, 0.2) is 11.0 Å². The molecular formula is C22H14F6N4S. The minimum absolute atomic E-state index is 0.205. The molecule has 0 aliphatic rings. The zero-order valence-corrected chi connectivity index (χ0v) is 17.4. The van der Waals surface area contributed by atoms with Gasteiger partial charge in [-0.15, -0.1) is 10.2 Å². The summed E-state index contributed by atoms with van der Waals surface area (Å²) in [6, 6.07) is 12.7. The number of halogens is 6. The van der Waals surface area contributed by atoms with Crippen molar-refractivity contribution in [3.63, 3.8) is 0 Å². The van der Waals surface area contributed by atoms with Crippen LogP contribution in [-0.2, 0) is 18.1 Å². The summed E-state index contributed by atoms with van der Waals surface area (Å²) in [4.78, 5) is 3.94. The fourth-order valence-electron chi connectivity index (χ4n) is 3.04. The van der Waals surface area contributed by atoms with Gasteiger partial charge in [-0.3, -0.25) is 9.55 Å². The van der Waals surface area contributed by atoms with Crippen molar-refractivity contribution in [2.45, 2.75) is 23.3 Å². The van der Waals surface area contributed by atoms with E-state index in [1.54, 1.807) is 12.1 Å². The molecule has 0 bridgehead atoms. The van der Waals surface area contributed by atoms with E-state index < -0.39 is 23.5 Å². The number of hydrogen-bond donors (Lipinski definition) is 0. The molecule has 4 rings (SSSR count). The van der Waals surface area contributed by atoms with Crippen LogP contribution in [0.15, 0.2) is 78.2 Å². The second-order valence-corrected chi connectivity index (χ2v) is 7.85. The Hall–Kier alpha value is -3.34. The van der Waals surface area contributed by atoms with Crippen LogP contribution < -0.4 is 0 Å². The van der Waals surface area contributed by atoms with Crippen molar-refractivity contribution >= 4 is 11.8 Å². The molecule has 11 heteroatoms. The highest BCUT2D eigenvalue weighted by Crippen LogP contribution is 2.34. The van der Waals surface area contributed by atoms with E-state index in [0.29, 0.717) is 22.1 Å². The molecule has 4 aromatic rings. The first-order valence-corrected chi connectivity index (χ1v) is 10.4. The Morgan fingerprint density at radius 2 is 1.42 bits per heavy atom. The average Bonchev–Trinajstić information content (AvgIpc) is 3.21. The number of aromatic nitrogens is 4. The molecule has 2 heterocycles. The van der Waals surface area contributed by atoms with E-state index in [1.165, 1.54) is 41.2 Å². The summed E-state index contributed by atoms with van der Waals surface area (Å²) in [7, 11) is 0. The number of pyridine rings is 1. The Morgan fingerprint density at radius 3 is 2.06 bits per heavy atom. The summed E-state index contributed by atoms with van der Waals surface area (Å²) in [5.74, 6) is 0.553. The molecule has 0 saturated carbocycles. The lowest BCUT2D eigenvalue weighted by Gasteiger charge is -2.13. The van der Waals surface area contributed by atoms with Crippen LogP contribution in [0.4, 0.5) is 26.3 Å². The number of alkyl halides is 6. The molecule has 170 valence electrons. The van der Waals surface area contributed by atoms with Crippen LogP contribution in [0.3, 0.4) is 0 Å². The molecule has 2 aromatic heterocycles. The van der Waals surface area contributed by atoms with Gasteiger partial charge in [-0.05, 0) is 48.0 Å². The van der Waals surface area contributed by atoms with Crippen molar-refractivity contribution in [2.24, 2.45) is 0 Å². The highest BCUT2D eigenvalue weighted by Gasteiger charge is 2.31. The lowest BCUT2D eigenvalue weighted by atomic mass is 10.1. The van der Waals surface area contributed by atoms with Gasteiger partial charge in [0.1, 0.15) is 0 Å². The van der Waals surface area contributed by atoms with Crippen LogP contribution in [0.1, 0.15) is 16.7 Å². The average molecular weight is 480 g/mol. The predicted octanol–water partition coefficient (Wildman–Crippen LogP) is 6.66. The Labute approximate surface area is 188 Å². The van der Waals surface area contributed by atoms with Gasteiger partial charge < -0.3 is 0 Å². The van der Waals surface area contributed by atoms with Gasteiger partial charge in [-0.2, -0.15) is 26.3 Å². The van der Waals surface area contributed by atoms with Crippen molar-refractivity contribution in [2.75, 3.05) is 0 Å². The summed E-state index contributed by atoms with van der Waals surface area (Å²) in [5.41, 5.74) is -0.193. The molecule has 0 radical (unpaired) electrons. The van der Waals surface area contributed by atoms with E-state index in [9.17, 15) is 26.3 Å². The zero-order valence-electron chi connectivity index (χ0n) is 16.6. The van der Waals surface area contributed by atoms with Crippen molar-refractivity contribution in [3.05, 3.63) is 89.7 Å². The Balaban J connectivity index is 1.70. The maximum absolute atomic E-state index is 13.3. The molecule has 0 spiro atoms. The highest BCUT2D eigenvalue weighted by atomic mass is 32.2. The van der Waals surface area contributed by atoms with Gasteiger partial charge in [-0.1, -0.05) is 30.0 Å². The minimum Gasteiger partial charge on any atom is -0.270 e. The van der Waals surface area contributed by atoms with Crippen molar-refractivity contribution < 1.29 is 26.3 Å². The molecule has 0 amide bonds. The molecule has 0 fully saturated rings. The first kappa shape index (κ1) is 22.8. The summed E-state index contributed by atoms with van der Waals surface area (Å²) in [5, 5.41) is 8.57. The molecule has 0 aliphatic carbocycles. The Morgan fingerprint density at radius 1 is 0.758 bits per heavy atom. The number of rotatable bonds is 5. The fourth-order valence-corrected chi connectivity index (χ4v) is 3.95. The topological polar surface area (TPSA) is 43.6 Å². The molecule has 33 heavy (non-hydrogen) atoms. The molecule has 0 atom stereocenters. The van der Waals surface area contributed by atoms with Gasteiger partial charge >= 0.3 is 12.4 Å². The van der Waals surface area contributed by atoms with Crippen LogP contribution in [0.25, 0.3) is 17.1 Å². The van der Waals surface area contributed by atoms with Crippen LogP contribution in [0.5, 0.6) is 0 Å². The largest absolute Gasteiger partial charge is 0.416 e. The maximum Gasteiger partial charge on any atom is 0.416 e. The Bertz CT molecular complexity index is 1230. The first-order chi connectivity index (χ1) is 15.6. The van der Waals surface area contributed by atoms with Crippen molar-refractivity contribution in [1.29, 1.82) is 0 Å². The molecule has 2 aromatic carbocycles. The molecule has 0 unspecified atom stereocenters. The van der Waals surface area contributed by atoms with Crippen LogP contribution >= 0.6 is 11.8 Å². The normalized spacial score (nSPS) is 12.2. The van der Waals surface area contributed by atoms with Gasteiger partial charge in [-0.25, -0.2) is 0 Å². The maximum atomic E-state index is 13.3. The third kappa shape index (κ3) is 5.19. The minimum atomic E-state index is -4.53. The second-order valence-electron chi connectivity index (χ2n) is 6.91. The lowest BCUT2D eigenvalue weighted by molar-refractivity contribution is -0.138. The molecule has 4 nitrogen and oxygen atoms in total. The number of hydrogen-bond acceptors (Lipinski definition) is 4. The highest BCUT2D eigenvalue weighted by molar-refractivity contribution is 7.98. The van der Waals surface area contributed by atoms with Gasteiger partial charge in [0.05, 0.1) is 16.8 Å². The van der Waals surface area contributed by atoms with Gasteiger partial charge in [0, 0.05) is 23.7 Å². The summed E-state index contributed by atoms with van der Waals surface area (Å²) >= 11 is 1.15. The third-order valence-electron chi connectivity index (χ3n) is 4.65. The van der Waals surface area contributed by atoms with Crippen molar-refractivity contribution in [3.8, 4) is 17.1 Å². The van der Waals surface area contributed by atoms with Crippen LogP contribution in [-0.4, -0.2) is 19.7 Å². The predicted molar refractivity (Wildman–Crippen MR) is 111 cm³/mol. The van der Waals surface area contributed by atoms with E-state index >= 15 is 0 Å². The molecular weight excluding hydrogens is 466 g/mol. The summed E-state index contributed by atoms with van der Waals surface area (Å²) < 4.78 is 79.7. The number of benzene rings is 2. The van der Waals surface area contributed by atoms with E-state index in [1.807, 2.05) is 0 Å². The SMILES string of the molecule is FC(F)(F)c1ccc(CSc2nnc(-c3ccncc3)n2-c2cccc(C(F)(F)F)c2)cc1. The number of nitrogens with zero attached hydrogens (tertiary/aromatic N) is 4. The third-order valence-corrected chi connectivity index (χ3v) is 5.65. The zero-order chi connectivity index (χ0) is 23.6. The van der Waals surface area contributed by atoms with Gasteiger partial charge in [0.2, 0.25) is 0 Å². The van der Waals surface area contributed by atoms with Crippen LogP contribution in [0.2, 0.25) is 0 Å². The monoisotopic (exact) mass is 480 g/mol. The van der Waals surface area contributed by atoms with E-state index in [4.69, 9.17) is 0 Å². The van der Waals surface area contributed by atoms with Crippen LogP contribution in [0, 0.1) is 0 Å². The van der Waals surface area contributed by atoms with Crippen molar-refractivity contribution in [1.82, 2.24) is 19.7 Å². The van der Waals surface area contributed by atoms with Gasteiger partial charge in [0.25, 0.3) is 0 Å². The summed E-state index contributed by atoms with van der Waals surface area (Å²) in [6.45, 7) is 0. The quantitative estimate of drug-likeness (QED) is 0.237. The smallest absolute Gasteiger partial charge is 0.270 e. The Kier molecular flexibility index (Phi) is 6.15. The molecule has 0 N–H and O–H groups in total. The second kappa shape index (κ2) is 8.89. The van der Waals surface area contributed by atoms with E-state index in [0.717, 1.165) is 36.0 Å². The van der Waals surface area contributed by atoms with E-state index in [2.05, 4.69) is 15.2 Å². The summed E-state index contributed by atoms with van der Waals surface area (Å²) in [6.07, 6.45) is -5.92. The standard InChI is InChI=1S/C22H14F6N4S/c23-21(24,25)16-6-4-14(5-7-16)13-33-20-31-30-19(15-8-10-29-11-9-15)32(20)18-3-1-2-17(12-18)22(26,27)28/h1-12H,13H2. The number of thioether (sulfide) groups is 1. The lowest BCUT2D eigenvalue weighted by Crippen LogP contribution is -2.07.